The van der Waals surface area contributed by atoms with Gasteiger partial charge >= 0.3 is 0 Å². The Morgan fingerprint density at radius 1 is 0.875 bits per heavy atom. The number of fused-ring (bicyclic) bond motifs is 3. The van der Waals surface area contributed by atoms with Crippen molar-refractivity contribution in [1.29, 1.82) is 10.5 Å². The van der Waals surface area contributed by atoms with Crippen molar-refractivity contribution in [2.45, 2.75) is 79.2 Å². The molecule has 0 heterocycles. The predicted molar refractivity (Wildman–Crippen MR) is 93.5 cm³/mol. The molecule has 0 aromatic rings. The molecule has 0 aromatic carbocycles. The fraction of sp³-hybridized carbons (Fsp3) is 0.905. The van der Waals surface area contributed by atoms with Crippen molar-refractivity contribution in [3.05, 3.63) is 0 Å². The second-order valence-corrected chi connectivity index (χ2v) is 9.95. The number of hydrogen-bond donors (Lipinski definition) is 1. The summed E-state index contributed by atoms with van der Waals surface area (Å²) in [4.78, 5) is 0. The highest BCUT2D eigenvalue weighted by atomic mass is 16.3. The Bertz CT molecular complexity index is 598. The first kappa shape index (κ1) is 17.8. The van der Waals surface area contributed by atoms with Crippen LogP contribution in [-0.4, -0.2) is 11.2 Å². The molecule has 0 unspecified atom stereocenters. The van der Waals surface area contributed by atoms with E-state index in [0.29, 0.717) is 11.8 Å². The van der Waals surface area contributed by atoms with Crippen LogP contribution in [0.25, 0.3) is 0 Å². The summed E-state index contributed by atoms with van der Waals surface area (Å²) in [6, 6.07) is 4.98. The van der Waals surface area contributed by atoms with Crippen molar-refractivity contribution in [2.24, 2.45) is 39.4 Å². The zero-order chi connectivity index (χ0) is 18.0. The molecular formula is C21H32N2O. The Morgan fingerprint density at radius 3 is 2.08 bits per heavy atom. The van der Waals surface area contributed by atoms with Crippen molar-refractivity contribution < 1.29 is 5.11 Å². The Kier molecular flexibility index (Phi) is 3.86. The van der Waals surface area contributed by atoms with Gasteiger partial charge < -0.3 is 5.11 Å². The molecule has 0 radical (unpaired) electrons. The lowest BCUT2D eigenvalue weighted by molar-refractivity contribution is -0.203. The van der Waals surface area contributed by atoms with Crippen LogP contribution < -0.4 is 0 Å². The quantitative estimate of drug-likeness (QED) is 0.702. The van der Waals surface area contributed by atoms with Gasteiger partial charge in [-0.2, -0.15) is 10.5 Å². The molecule has 6 atom stereocenters. The van der Waals surface area contributed by atoms with Gasteiger partial charge in [0, 0.05) is 5.41 Å². The van der Waals surface area contributed by atoms with E-state index < -0.39 is 5.41 Å². The largest absolute Gasteiger partial charge is 0.393 e. The van der Waals surface area contributed by atoms with E-state index >= 15 is 0 Å². The molecular weight excluding hydrogens is 296 g/mol. The van der Waals surface area contributed by atoms with Crippen LogP contribution in [-0.2, 0) is 0 Å². The van der Waals surface area contributed by atoms with E-state index in [9.17, 15) is 15.6 Å². The van der Waals surface area contributed by atoms with E-state index in [1.807, 2.05) is 0 Å². The van der Waals surface area contributed by atoms with E-state index in [4.69, 9.17) is 0 Å². The molecule has 0 aliphatic heterocycles. The Morgan fingerprint density at radius 2 is 1.50 bits per heavy atom. The topological polar surface area (TPSA) is 67.8 Å². The summed E-state index contributed by atoms with van der Waals surface area (Å²) in [5.74, 6) is 0.998. The molecule has 1 N–H and O–H groups in total. The summed E-state index contributed by atoms with van der Waals surface area (Å²) >= 11 is 0. The third-order valence-electron chi connectivity index (χ3n) is 8.91. The van der Waals surface area contributed by atoms with E-state index in [1.165, 1.54) is 0 Å². The highest BCUT2D eigenvalue weighted by Gasteiger charge is 2.68. The lowest BCUT2D eigenvalue weighted by Crippen LogP contribution is -2.64. The fourth-order valence-corrected chi connectivity index (χ4v) is 7.36. The van der Waals surface area contributed by atoms with Crippen molar-refractivity contribution in [3.63, 3.8) is 0 Å². The van der Waals surface area contributed by atoms with E-state index in [2.05, 4.69) is 46.8 Å². The minimum atomic E-state index is -0.871. The van der Waals surface area contributed by atoms with Crippen molar-refractivity contribution in [3.8, 4) is 12.1 Å². The van der Waals surface area contributed by atoms with Crippen LogP contribution in [0.5, 0.6) is 0 Å². The molecule has 3 aliphatic carbocycles. The number of rotatable bonds is 0. The normalized spacial score (nSPS) is 49.2. The molecule has 3 heteroatoms. The Hall–Kier alpha value is -1.06. The zero-order valence-corrected chi connectivity index (χ0v) is 15.9. The summed E-state index contributed by atoms with van der Waals surface area (Å²) in [6.45, 7) is 11.1. The first-order valence-electron chi connectivity index (χ1n) is 9.60. The third-order valence-corrected chi connectivity index (χ3v) is 8.91. The third kappa shape index (κ3) is 1.86. The maximum absolute atomic E-state index is 10.6. The van der Waals surface area contributed by atoms with Gasteiger partial charge in [-0.15, -0.1) is 0 Å². The molecule has 3 fully saturated rings. The van der Waals surface area contributed by atoms with Gasteiger partial charge in [0.05, 0.1) is 18.2 Å². The SMILES string of the molecule is C[C@@H]1CC[C@@H]2[C@@]3(C)CC[C@H](O)C(C)(C)[C@@H]3CC[C@@]2(C)C1(C#N)C#N. The standard InChI is InChI=1S/C21H32N2O/c1-14-6-7-16-19(4)10-9-17(24)18(2,3)15(19)8-11-20(16,5)21(14,12-22)13-23/h14-17,24H,6-11H2,1-5H3/t14-,15+,16-,17+,19+,20-/m1/s1. The summed E-state index contributed by atoms with van der Waals surface area (Å²) in [7, 11) is 0. The van der Waals surface area contributed by atoms with Crippen LogP contribution in [0, 0.1) is 62.1 Å². The summed E-state index contributed by atoms with van der Waals surface area (Å²) in [6.07, 6.45) is 5.65. The molecule has 0 saturated heterocycles. The maximum Gasteiger partial charge on any atom is 0.151 e. The van der Waals surface area contributed by atoms with Gasteiger partial charge in [0.15, 0.2) is 5.41 Å². The van der Waals surface area contributed by atoms with Crippen LogP contribution in [0.2, 0.25) is 0 Å². The molecule has 3 rings (SSSR count). The molecule has 24 heavy (non-hydrogen) atoms. The summed E-state index contributed by atoms with van der Waals surface area (Å²) in [5.41, 5.74) is -1.07. The van der Waals surface area contributed by atoms with Gasteiger partial charge in [0.25, 0.3) is 0 Å². The average molecular weight is 329 g/mol. The van der Waals surface area contributed by atoms with E-state index in [0.717, 1.165) is 38.5 Å². The first-order chi connectivity index (χ1) is 11.1. The zero-order valence-electron chi connectivity index (χ0n) is 15.9. The number of aliphatic hydroxyl groups is 1. The molecule has 132 valence electrons. The highest BCUT2D eigenvalue weighted by Crippen LogP contribution is 2.71. The fourth-order valence-electron chi connectivity index (χ4n) is 7.36. The van der Waals surface area contributed by atoms with Crippen molar-refractivity contribution in [1.82, 2.24) is 0 Å². The lowest BCUT2D eigenvalue weighted by atomic mass is 9.35. The van der Waals surface area contributed by atoms with Crippen LogP contribution in [0.3, 0.4) is 0 Å². The van der Waals surface area contributed by atoms with Crippen molar-refractivity contribution in [2.75, 3.05) is 0 Å². The molecule has 0 spiro atoms. The second-order valence-electron chi connectivity index (χ2n) is 9.95. The van der Waals surface area contributed by atoms with Gasteiger partial charge in [0.1, 0.15) is 0 Å². The highest BCUT2D eigenvalue weighted by molar-refractivity contribution is 5.28. The number of nitrogens with zero attached hydrogens (tertiary/aromatic N) is 2. The Balaban J connectivity index is 2.11. The molecule has 0 bridgehead atoms. The smallest absolute Gasteiger partial charge is 0.151 e. The van der Waals surface area contributed by atoms with Crippen LogP contribution in [0.4, 0.5) is 0 Å². The molecule has 0 amide bonds. The van der Waals surface area contributed by atoms with Crippen molar-refractivity contribution >= 4 is 0 Å². The average Bonchev–Trinajstić information content (AvgIpc) is 2.52. The van der Waals surface area contributed by atoms with E-state index in [1.54, 1.807) is 0 Å². The molecule has 3 saturated carbocycles. The van der Waals surface area contributed by atoms with E-state index in [-0.39, 0.29) is 28.3 Å². The molecule has 3 aliphatic rings. The molecule has 0 aromatic heterocycles. The number of nitriles is 2. The summed E-state index contributed by atoms with van der Waals surface area (Å²) in [5, 5.41) is 30.6. The van der Waals surface area contributed by atoms with Gasteiger partial charge in [-0.25, -0.2) is 0 Å². The monoisotopic (exact) mass is 328 g/mol. The molecule has 3 nitrogen and oxygen atoms in total. The predicted octanol–water partition coefficient (Wildman–Crippen LogP) is 4.67. The van der Waals surface area contributed by atoms with Crippen LogP contribution in [0.1, 0.15) is 73.1 Å². The van der Waals surface area contributed by atoms with Crippen LogP contribution >= 0.6 is 0 Å². The number of aliphatic hydroxyl groups excluding tert-OH is 1. The van der Waals surface area contributed by atoms with Gasteiger partial charge in [-0.05, 0) is 67.1 Å². The van der Waals surface area contributed by atoms with Crippen LogP contribution in [0.15, 0.2) is 0 Å². The Labute approximate surface area is 147 Å². The van der Waals surface area contributed by atoms with Gasteiger partial charge in [0.2, 0.25) is 0 Å². The summed E-state index contributed by atoms with van der Waals surface area (Å²) < 4.78 is 0. The maximum atomic E-state index is 10.6. The van der Waals surface area contributed by atoms with Gasteiger partial charge in [-0.3, -0.25) is 0 Å². The second kappa shape index (κ2) is 5.22. The van der Waals surface area contributed by atoms with Gasteiger partial charge in [-0.1, -0.05) is 34.6 Å². The first-order valence-corrected chi connectivity index (χ1v) is 9.60. The minimum Gasteiger partial charge on any atom is -0.393 e. The lowest BCUT2D eigenvalue weighted by Gasteiger charge is -2.67. The minimum absolute atomic E-state index is 0.0840. The number of hydrogen-bond acceptors (Lipinski definition) is 3.